The Balaban J connectivity index is 1.59. The SMILES string of the molecule is O=C(O)C1NC(C(C(F)(F)F)C(F)(F)F)C2CN(Cc3ccc(Cl)cc3N3CCCC3)CC12. The molecule has 0 saturated carbocycles. The minimum absolute atomic E-state index is 0.0587. The van der Waals surface area contributed by atoms with Gasteiger partial charge in [-0.15, -0.1) is 0 Å². The molecule has 0 aromatic heterocycles. The Hall–Kier alpha value is -1.72. The molecule has 5 nitrogen and oxygen atoms in total. The van der Waals surface area contributed by atoms with Crippen molar-refractivity contribution >= 4 is 23.3 Å². The number of carbonyl (C=O) groups is 1. The molecule has 33 heavy (non-hydrogen) atoms. The zero-order valence-electron chi connectivity index (χ0n) is 17.5. The number of hydrogen-bond donors (Lipinski definition) is 2. The number of nitrogens with zero attached hydrogens (tertiary/aromatic N) is 2. The van der Waals surface area contributed by atoms with Crippen LogP contribution < -0.4 is 10.2 Å². The second-order valence-corrected chi connectivity index (χ2v) is 9.49. The molecule has 0 spiro atoms. The molecule has 3 fully saturated rings. The largest absolute Gasteiger partial charge is 0.480 e. The third kappa shape index (κ3) is 4.90. The molecular formula is C21H24ClF6N3O2. The number of likely N-dealkylation sites (tertiary alicyclic amines) is 1. The lowest BCUT2D eigenvalue weighted by Gasteiger charge is -2.32. The molecule has 184 valence electrons. The molecule has 0 aliphatic carbocycles. The third-order valence-corrected chi connectivity index (χ3v) is 7.20. The van der Waals surface area contributed by atoms with Gasteiger partial charge in [-0.25, -0.2) is 0 Å². The van der Waals surface area contributed by atoms with Crippen LogP contribution in [0.1, 0.15) is 18.4 Å². The van der Waals surface area contributed by atoms with Crippen molar-refractivity contribution < 1.29 is 36.2 Å². The first-order valence-electron chi connectivity index (χ1n) is 10.7. The predicted octanol–water partition coefficient (Wildman–Crippen LogP) is 4.15. The number of alkyl halides is 6. The van der Waals surface area contributed by atoms with Gasteiger partial charge in [0.1, 0.15) is 6.04 Å². The van der Waals surface area contributed by atoms with Crippen LogP contribution in [0, 0.1) is 17.8 Å². The van der Waals surface area contributed by atoms with Gasteiger partial charge < -0.3 is 15.3 Å². The summed E-state index contributed by atoms with van der Waals surface area (Å²) in [4.78, 5) is 15.6. The molecule has 1 aromatic rings. The van der Waals surface area contributed by atoms with Crippen molar-refractivity contribution in [2.75, 3.05) is 31.1 Å². The van der Waals surface area contributed by atoms with Crippen LogP contribution >= 0.6 is 11.6 Å². The Morgan fingerprint density at radius 3 is 2.27 bits per heavy atom. The van der Waals surface area contributed by atoms with Crippen molar-refractivity contribution in [1.82, 2.24) is 10.2 Å². The van der Waals surface area contributed by atoms with Crippen molar-refractivity contribution in [3.63, 3.8) is 0 Å². The van der Waals surface area contributed by atoms with Crippen LogP contribution in [0.15, 0.2) is 18.2 Å². The fraction of sp³-hybridized carbons (Fsp3) is 0.667. The highest BCUT2D eigenvalue weighted by atomic mass is 35.5. The standard InChI is InChI=1S/C21H24ClF6N3O2/c22-12-4-3-11(15(7-12)31-5-1-2-6-31)8-30-9-13-14(10-30)17(19(32)33)29-16(13)18(20(23,24)25)21(26,27)28/h3-4,7,13-14,16-18,29H,1-2,5-6,8-10H2,(H,32,33). The summed E-state index contributed by atoms with van der Waals surface area (Å²) in [7, 11) is 0. The number of benzene rings is 1. The number of carboxylic acid groups (broad SMARTS) is 1. The van der Waals surface area contributed by atoms with E-state index >= 15 is 0 Å². The monoisotopic (exact) mass is 499 g/mol. The smallest absolute Gasteiger partial charge is 0.402 e. The van der Waals surface area contributed by atoms with E-state index in [9.17, 15) is 36.2 Å². The number of rotatable bonds is 5. The minimum Gasteiger partial charge on any atom is -0.480 e. The van der Waals surface area contributed by atoms with Gasteiger partial charge in [0.15, 0.2) is 5.92 Å². The zero-order chi connectivity index (χ0) is 24.1. The van der Waals surface area contributed by atoms with Crippen molar-refractivity contribution in [2.24, 2.45) is 17.8 Å². The van der Waals surface area contributed by atoms with Gasteiger partial charge in [-0.05, 0) is 36.5 Å². The molecule has 4 atom stereocenters. The number of fused-ring (bicyclic) bond motifs is 1. The maximum Gasteiger partial charge on any atom is 0.402 e. The average molecular weight is 500 g/mol. The van der Waals surface area contributed by atoms with Gasteiger partial charge in [0, 0.05) is 55.4 Å². The normalized spacial score (nSPS) is 28.7. The third-order valence-electron chi connectivity index (χ3n) is 6.97. The maximum atomic E-state index is 13.4. The molecule has 3 aliphatic rings. The van der Waals surface area contributed by atoms with Gasteiger partial charge in [0.25, 0.3) is 0 Å². The lowest BCUT2D eigenvalue weighted by Crippen LogP contribution is -2.53. The maximum absolute atomic E-state index is 13.4. The van der Waals surface area contributed by atoms with Crippen LogP contribution in [0.3, 0.4) is 0 Å². The Kier molecular flexibility index (Phi) is 6.52. The highest BCUT2D eigenvalue weighted by molar-refractivity contribution is 6.30. The summed E-state index contributed by atoms with van der Waals surface area (Å²) in [6, 6.07) is 1.79. The fourth-order valence-electron chi connectivity index (χ4n) is 5.61. The summed E-state index contributed by atoms with van der Waals surface area (Å²) in [5.74, 6) is -7.02. The summed E-state index contributed by atoms with van der Waals surface area (Å²) < 4.78 is 80.5. The number of halogens is 7. The van der Waals surface area contributed by atoms with Gasteiger partial charge in [-0.3, -0.25) is 9.69 Å². The summed E-state index contributed by atoms with van der Waals surface area (Å²) in [5, 5.41) is 12.2. The molecule has 4 unspecified atom stereocenters. The summed E-state index contributed by atoms with van der Waals surface area (Å²) in [6.45, 7) is 2.00. The van der Waals surface area contributed by atoms with E-state index in [-0.39, 0.29) is 19.6 Å². The number of anilines is 1. The molecule has 3 heterocycles. The molecule has 12 heteroatoms. The van der Waals surface area contributed by atoms with E-state index in [1.165, 1.54) is 0 Å². The molecule has 0 bridgehead atoms. The van der Waals surface area contributed by atoms with Crippen LogP contribution in [0.5, 0.6) is 0 Å². The van der Waals surface area contributed by atoms with Gasteiger partial charge in [0.05, 0.1) is 0 Å². The highest BCUT2D eigenvalue weighted by Gasteiger charge is 2.66. The minimum atomic E-state index is -5.54. The van der Waals surface area contributed by atoms with E-state index in [0.717, 1.165) is 37.2 Å². The van der Waals surface area contributed by atoms with Gasteiger partial charge in [-0.2, -0.15) is 26.3 Å². The van der Waals surface area contributed by atoms with Gasteiger partial charge in [-0.1, -0.05) is 17.7 Å². The van der Waals surface area contributed by atoms with Gasteiger partial charge >= 0.3 is 18.3 Å². The average Bonchev–Trinajstić information content (AvgIpc) is 3.39. The highest BCUT2D eigenvalue weighted by Crippen LogP contribution is 2.48. The second kappa shape index (κ2) is 8.81. The number of carboxylic acids is 1. The van der Waals surface area contributed by atoms with E-state index in [4.69, 9.17) is 11.6 Å². The Morgan fingerprint density at radius 2 is 1.70 bits per heavy atom. The zero-order valence-corrected chi connectivity index (χ0v) is 18.2. The number of hydrogen-bond acceptors (Lipinski definition) is 4. The van der Waals surface area contributed by atoms with Gasteiger partial charge in [0.2, 0.25) is 0 Å². The topological polar surface area (TPSA) is 55.8 Å². The number of nitrogens with one attached hydrogen (secondary N) is 1. The first-order chi connectivity index (χ1) is 15.4. The van der Waals surface area contributed by atoms with Crippen molar-refractivity contribution in [2.45, 2.75) is 43.8 Å². The molecule has 2 N–H and O–H groups in total. The molecule has 0 amide bonds. The summed E-state index contributed by atoms with van der Waals surface area (Å²) in [6.07, 6.45) is -9.05. The predicted molar refractivity (Wildman–Crippen MR) is 109 cm³/mol. The van der Waals surface area contributed by atoms with Crippen LogP contribution in [0.2, 0.25) is 5.02 Å². The van der Waals surface area contributed by atoms with Crippen LogP contribution in [-0.2, 0) is 11.3 Å². The summed E-state index contributed by atoms with van der Waals surface area (Å²) in [5.41, 5.74) is 1.76. The van der Waals surface area contributed by atoms with Crippen molar-refractivity contribution in [3.05, 3.63) is 28.8 Å². The molecule has 3 aliphatic heterocycles. The lowest BCUT2D eigenvalue weighted by molar-refractivity contribution is -0.293. The first-order valence-corrected chi connectivity index (χ1v) is 11.1. The Morgan fingerprint density at radius 1 is 1.09 bits per heavy atom. The quantitative estimate of drug-likeness (QED) is 0.596. The van der Waals surface area contributed by atoms with Crippen molar-refractivity contribution in [3.8, 4) is 0 Å². The van der Waals surface area contributed by atoms with Crippen LogP contribution in [-0.4, -0.2) is 66.6 Å². The van der Waals surface area contributed by atoms with E-state index in [1.54, 1.807) is 11.0 Å². The molecule has 3 saturated heterocycles. The van der Waals surface area contributed by atoms with E-state index in [2.05, 4.69) is 10.2 Å². The molecular weight excluding hydrogens is 476 g/mol. The fourth-order valence-corrected chi connectivity index (χ4v) is 5.78. The molecule has 4 rings (SSSR count). The first kappa shape index (κ1) is 24.4. The Bertz CT molecular complexity index is 876. The van der Waals surface area contributed by atoms with Crippen LogP contribution in [0.4, 0.5) is 32.0 Å². The summed E-state index contributed by atoms with van der Waals surface area (Å²) >= 11 is 6.16. The Labute approximate surface area is 191 Å². The molecule has 0 radical (unpaired) electrons. The van der Waals surface area contributed by atoms with E-state index in [1.807, 2.05) is 12.1 Å². The van der Waals surface area contributed by atoms with E-state index < -0.39 is 48.2 Å². The van der Waals surface area contributed by atoms with Crippen LogP contribution in [0.25, 0.3) is 0 Å². The van der Waals surface area contributed by atoms with E-state index in [0.29, 0.717) is 5.02 Å². The second-order valence-electron chi connectivity index (χ2n) is 9.06. The molecule has 1 aromatic carbocycles. The van der Waals surface area contributed by atoms with Crippen molar-refractivity contribution in [1.29, 1.82) is 0 Å². The lowest BCUT2D eigenvalue weighted by atomic mass is 9.84. The number of aliphatic carboxylic acids is 1.